The first-order valence-corrected chi connectivity index (χ1v) is 10.3. The molecular weight excluding hydrogens is 386 g/mol. The van der Waals surface area contributed by atoms with Crippen molar-refractivity contribution in [1.29, 1.82) is 0 Å². The first kappa shape index (κ1) is 17.7. The third-order valence-electron chi connectivity index (χ3n) is 4.80. The summed E-state index contributed by atoms with van der Waals surface area (Å²) in [6.07, 6.45) is 5.52. The topological polar surface area (TPSA) is 92.9 Å². The summed E-state index contributed by atoms with van der Waals surface area (Å²) in [5.74, 6) is 2.23. The normalized spacial score (nSPS) is 16.3. The minimum absolute atomic E-state index is 0.0504. The van der Waals surface area contributed by atoms with Gasteiger partial charge in [-0.05, 0) is 31.9 Å². The van der Waals surface area contributed by atoms with Gasteiger partial charge in [0.1, 0.15) is 11.5 Å². The zero-order chi connectivity index (χ0) is 19.6. The van der Waals surface area contributed by atoms with Gasteiger partial charge in [-0.1, -0.05) is 11.2 Å². The number of anilines is 3. The minimum Gasteiger partial charge on any atom is -0.358 e. The molecule has 0 amide bonds. The maximum absolute atomic E-state index is 5.69. The van der Waals surface area contributed by atoms with Crippen molar-refractivity contribution in [1.82, 2.24) is 25.1 Å². The van der Waals surface area contributed by atoms with E-state index < -0.39 is 0 Å². The number of rotatable bonds is 5. The fourth-order valence-corrected chi connectivity index (χ4v) is 4.06. The van der Waals surface area contributed by atoms with Crippen molar-refractivity contribution in [2.75, 3.05) is 16.8 Å². The molecule has 1 saturated heterocycles. The SMILES string of the molecule is Cc1cc(Nc2nccs2)nc(N2CCC[C@H]2c2cc(-c3ccccn3)no2)n1. The van der Waals surface area contributed by atoms with Crippen LogP contribution in [0, 0.1) is 6.92 Å². The van der Waals surface area contributed by atoms with Crippen LogP contribution in [-0.2, 0) is 0 Å². The minimum atomic E-state index is 0.0504. The first-order valence-electron chi connectivity index (χ1n) is 9.43. The summed E-state index contributed by atoms with van der Waals surface area (Å²) >= 11 is 1.53. The lowest BCUT2D eigenvalue weighted by Crippen LogP contribution is -2.25. The maximum Gasteiger partial charge on any atom is 0.228 e. The summed E-state index contributed by atoms with van der Waals surface area (Å²) in [4.78, 5) is 20.2. The summed E-state index contributed by atoms with van der Waals surface area (Å²) in [5.41, 5.74) is 2.43. The Morgan fingerprint density at radius 2 is 2.10 bits per heavy atom. The van der Waals surface area contributed by atoms with Gasteiger partial charge in [-0.25, -0.2) is 9.97 Å². The standard InChI is InChI=1S/C20H19N7OS/c1-13-11-18(25-20-22-8-10-29-20)24-19(23-13)27-9-4-6-16(27)17-12-15(26-28-17)14-5-2-3-7-21-14/h2-3,5,7-8,10-12,16H,4,6,9H2,1H3,(H,22,23,24,25)/t16-/m0/s1. The van der Waals surface area contributed by atoms with Gasteiger partial charge in [-0.15, -0.1) is 11.3 Å². The van der Waals surface area contributed by atoms with E-state index in [0.717, 1.165) is 53.2 Å². The van der Waals surface area contributed by atoms with Crippen molar-refractivity contribution in [3.8, 4) is 11.4 Å². The first-order chi connectivity index (χ1) is 14.3. The van der Waals surface area contributed by atoms with E-state index in [0.29, 0.717) is 5.95 Å². The zero-order valence-electron chi connectivity index (χ0n) is 15.8. The average Bonchev–Trinajstić information content (AvgIpc) is 3.49. The second-order valence-corrected chi connectivity index (χ2v) is 7.73. The van der Waals surface area contributed by atoms with Gasteiger partial charge in [0.05, 0.1) is 11.7 Å². The van der Waals surface area contributed by atoms with Crippen LogP contribution in [0.2, 0.25) is 0 Å². The Morgan fingerprint density at radius 1 is 1.14 bits per heavy atom. The molecule has 1 aliphatic rings. The Hall–Kier alpha value is -3.33. The van der Waals surface area contributed by atoms with Crippen LogP contribution >= 0.6 is 11.3 Å². The Kier molecular flexibility index (Phi) is 4.65. The van der Waals surface area contributed by atoms with Crippen LogP contribution in [0.1, 0.15) is 30.3 Å². The predicted octanol–water partition coefficient (Wildman–Crippen LogP) is 4.38. The van der Waals surface area contributed by atoms with Gasteiger partial charge in [-0.3, -0.25) is 4.98 Å². The molecule has 0 radical (unpaired) electrons. The average molecular weight is 405 g/mol. The van der Waals surface area contributed by atoms with Crippen LogP contribution < -0.4 is 10.2 Å². The molecule has 5 rings (SSSR count). The summed E-state index contributed by atoms with van der Waals surface area (Å²) in [7, 11) is 0. The van der Waals surface area contributed by atoms with Crippen molar-refractivity contribution in [3.63, 3.8) is 0 Å². The molecular formula is C20H19N7OS. The molecule has 4 aromatic rings. The maximum atomic E-state index is 5.69. The Labute approximate surface area is 171 Å². The van der Waals surface area contributed by atoms with E-state index in [2.05, 4.69) is 30.3 Å². The second kappa shape index (κ2) is 7.59. The van der Waals surface area contributed by atoms with Crippen LogP contribution in [-0.4, -0.2) is 31.6 Å². The third-order valence-corrected chi connectivity index (χ3v) is 5.49. The highest BCUT2D eigenvalue weighted by Crippen LogP contribution is 2.36. The van der Waals surface area contributed by atoms with Crippen LogP contribution in [0.15, 0.2) is 52.6 Å². The van der Waals surface area contributed by atoms with Gasteiger partial charge >= 0.3 is 0 Å². The van der Waals surface area contributed by atoms with Gasteiger partial charge in [0.15, 0.2) is 10.9 Å². The number of nitrogens with zero attached hydrogens (tertiary/aromatic N) is 6. The van der Waals surface area contributed by atoms with E-state index >= 15 is 0 Å². The van der Waals surface area contributed by atoms with Crippen LogP contribution in [0.5, 0.6) is 0 Å². The molecule has 1 aliphatic heterocycles. The van der Waals surface area contributed by atoms with E-state index in [1.54, 1.807) is 12.4 Å². The molecule has 1 N–H and O–H groups in total. The van der Waals surface area contributed by atoms with Crippen molar-refractivity contribution in [2.24, 2.45) is 0 Å². The predicted molar refractivity (Wildman–Crippen MR) is 111 cm³/mol. The molecule has 8 nitrogen and oxygen atoms in total. The Bertz CT molecular complexity index is 1100. The fraction of sp³-hybridized carbons (Fsp3) is 0.250. The van der Waals surface area contributed by atoms with Crippen molar-refractivity contribution in [2.45, 2.75) is 25.8 Å². The quantitative estimate of drug-likeness (QED) is 0.523. The summed E-state index contributed by atoms with van der Waals surface area (Å²) in [6, 6.07) is 9.69. The molecule has 0 unspecified atom stereocenters. The fourth-order valence-electron chi connectivity index (χ4n) is 3.52. The number of hydrogen-bond donors (Lipinski definition) is 1. The number of nitrogens with one attached hydrogen (secondary N) is 1. The molecule has 0 spiro atoms. The van der Waals surface area contributed by atoms with E-state index in [9.17, 15) is 0 Å². The number of aromatic nitrogens is 5. The molecule has 5 heterocycles. The molecule has 0 saturated carbocycles. The summed E-state index contributed by atoms with van der Waals surface area (Å²) in [6.45, 7) is 2.83. The molecule has 0 aromatic carbocycles. The van der Waals surface area contributed by atoms with E-state index in [1.165, 1.54) is 11.3 Å². The lowest BCUT2D eigenvalue weighted by Gasteiger charge is -2.23. The monoisotopic (exact) mass is 405 g/mol. The van der Waals surface area contributed by atoms with Crippen molar-refractivity contribution in [3.05, 3.63) is 59.6 Å². The highest BCUT2D eigenvalue weighted by molar-refractivity contribution is 7.13. The van der Waals surface area contributed by atoms with Gasteiger partial charge in [-0.2, -0.15) is 4.98 Å². The molecule has 9 heteroatoms. The highest BCUT2D eigenvalue weighted by atomic mass is 32.1. The molecule has 4 aromatic heterocycles. The summed E-state index contributed by atoms with van der Waals surface area (Å²) < 4.78 is 5.69. The van der Waals surface area contributed by atoms with E-state index in [4.69, 9.17) is 9.51 Å². The molecule has 146 valence electrons. The molecule has 29 heavy (non-hydrogen) atoms. The molecule has 1 fully saturated rings. The van der Waals surface area contributed by atoms with E-state index in [-0.39, 0.29) is 6.04 Å². The molecule has 1 atom stereocenters. The largest absolute Gasteiger partial charge is 0.358 e. The number of pyridine rings is 1. The number of thiazole rings is 1. The summed E-state index contributed by atoms with van der Waals surface area (Å²) in [5, 5.41) is 10.2. The smallest absolute Gasteiger partial charge is 0.228 e. The van der Waals surface area contributed by atoms with Crippen LogP contribution in [0.25, 0.3) is 11.4 Å². The van der Waals surface area contributed by atoms with Crippen molar-refractivity contribution >= 4 is 28.2 Å². The molecule has 0 bridgehead atoms. The van der Waals surface area contributed by atoms with E-state index in [1.807, 2.05) is 42.6 Å². The van der Waals surface area contributed by atoms with Gasteiger partial charge in [0.25, 0.3) is 0 Å². The van der Waals surface area contributed by atoms with Gasteiger partial charge in [0, 0.05) is 42.1 Å². The Balaban J connectivity index is 1.42. The third kappa shape index (κ3) is 3.68. The van der Waals surface area contributed by atoms with Crippen LogP contribution in [0.4, 0.5) is 16.9 Å². The molecule has 0 aliphatic carbocycles. The number of hydrogen-bond acceptors (Lipinski definition) is 9. The highest BCUT2D eigenvalue weighted by Gasteiger charge is 2.32. The second-order valence-electron chi connectivity index (χ2n) is 6.84. The van der Waals surface area contributed by atoms with Crippen molar-refractivity contribution < 1.29 is 4.52 Å². The lowest BCUT2D eigenvalue weighted by molar-refractivity contribution is 0.362. The Morgan fingerprint density at radius 3 is 2.93 bits per heavy atom. The van der Waals surface area contributed by atoms with Crippen LogP contribution in [0.3, 0.4) is 0 Å². The zero-order valence-corrected chi connectivity index (χ0v) is 16.6. The number of aryl methyl sites for hydroxylation is 1. The van der Waals surface area contributed by atoms with Gasteiger partial charge in [0.2, 0.25) is 5.95 Å². The van der Waals surface area contributed by atoms with Gasteiger partial charge < -0.3 is 14.7 Å². The lowest BCUT2D eigenvalue weighted by atomic mass is 10.1.